The van der Waals surface area contributed by atoms with Crippen LogP contribution >= 0.6 is 11.6 Å². The molecule has 3 rings (SSSR count). The molecule has 27 heavy (non-hydrogen) atoms. The van der Waals surface area contributed by atoms with Gasteiger partial charge in [-0.2, -0.15) is 0 Å². The topological polar surface area (TPSA) is 99.9 Å². The van der Waals surface area contributed by atoms with Crippen LogP contribution in [-0.4, -0.2) is 31.7 Å². The van der Waals surface area contributed by atoms with Gasteiger partial charge in [0.1, 0.15) is 13.2 Å². The molecule has 0 saturated heterocycles. The summed E-state index contributed by atoms with van der Waals surface area (Å²) in [5, 5.41) is 3.18. The Hall–Kier alpha value is -2.93. The maximum absolute atomic E-state index is 12.1. The second kappa shape index (κ2) is 8.18. The normalized spacial score (nSPS) is 13.6. The number of hydrogen-bond donors (Lipinski definition) is 2. The highest BCUT2D eigenvalue weighted by Crippen LogP contribution is 2.32. The van der Waals surface area contributed by atoms with E-state index in [0.29, 0.717) is 29.7 Å². The number of anilines is 1. The van der Waals surface area contributed by atoms with Gasteiger partial charge in [0.25, 0.3) is 5.91 Å². The molecule has 1 amide bonds. The summed E-state index contributed by atoms with van der Waals surface area (Å²) in [7, 11) is 0. The fourth-order valence-electron chi connectivity index (χ4n) is 2.62. The number of fused-ring (bicyclic) bond motifs is 1. The summed E-state index contributed by atoms with van der Waals surface area (Å²) in [6.07, 6.45) is 0. The van der Waals surface area contributed by atoms with Gasteiger partial charge in [-0.25, -0.2) is 4.79 Å². The number of halogens is 1. The summed E-state index contributed by atoms with van der Waals surface area (Å²) < 4.78 is 16.0. The number of benzene rings is 2. The van der Waals surface area contributed by atoms with Crippen LogP contribution in [0.2, 0.25) is 5.02 Å². The lowest BCUT2D eigenvalue weighted by molar-refractivity contribution is -0.124. The molecule has 2 aromatic rings. The van der Waals surface area contributed by atoms with E-state index in [9.17, 15) is 9.59 Å². The lowest BCUT2D eigenvalue weighted by Gasteiger charge is -2.21. The summed E-state index contributed by atoms with van der Waals surface area (Å²) >= 11 is 5.80. The van der Waals surface area contributed by atoms with Gasteiger partial charge < -0.3 is 25.3 Å². The first-order chi connectivity index (χ1) is 12.9. The molecule has 8 heteroatoms. The van der Waals surface area contributed by atoms with Crippen LogP contribution < -0.4 is 20.5 Å². The maximum atomic E-state index is 12.1. The number of rotatable bonds is 5. The van der Waals surface area contributed by atoms with Crippen molar-refractivity contribution in [2.75, 3.05) is 25.6 Å². The Balaban J connectivity index is 1.55. The smallest absolute Gasteiger partial charge is 0.340 e. The Morgan fingerprint density at radius 1 is 1.19 bits per heavy atom. The van der Waals surface area contributed by atoms with Gasteiger partial charge in [0, 0.05) is 10.7 Å². The van der Waals surface area contributed by atoms with Gasteiger partial charge in [-0.05, 0) is 42.8 Å². The molecule has 0 radical (unpaired) electrons. The zero-order valence-electron chi connectivity index (χ0n) is 14.7. The van der Waals surface area contributed by atoms with Gasteiger partial charge in [0.2, 0.25) is 0 Å². The van der Waals surface area contributed by atoms with E-state index in [-0.39, 0.29) is 17.3 Å². The SMILES string of the molecule is C[C@H](NC(=O)COC(=O)c1ccc(Cl)cc1N)c1ccc2c(c1)OCCO2. The van der Waals surface area contributed by atoms with Crippen LogP contribution in [0.3, 0.4) is 0 Å². The number of nitrogen functional groups attached to an aromatic ring is 1. The van der Waals surface area contributed by atoms with E-state index >= 15 is 0 Å². The Morgan fingerprint density at radius 3 is 2.67 bits per heavy atom. The monoisotopic (exact) mass is 390 g/mol. The van der Waals surface area contributed by atoms with Crippen molar-refractivity contribution >= 4 is 29.2 Å². The van der Waals surface area contributed by atoms with E-state index in [2.05, 4.69) is 5.32 Å². The van der Waals surface area contributed by atoms with Crippen LogP contribution in [0.25, 0.3) is 0 Å². The minimum Gasteiger partial charge on any atom is -0.486 e. The predicted octanol–water partition coefficient (Wildman–Crippen LogP) is 2.73. The van der Waals surface area contributed by atoms with Gasteiger partial charge in [-0.3, -0.25) is 4.79 Å². The molecule has 1 heterocycles. The zero-order valence-corrected chi connectivity index (χ0v) is 15.4. The molecule has 1 atom stereocenters. The molecule has 0 aliphatic carbocycles. The van der Waals surface area contributed by atoms with E-state index in [1.807, 2.05) is 19.1 Å². The van der Waals surface area contributed by atoms with E-state index in [0.717, 1.165) is 5.56 Å². The average molecular weight is 391 g/mol. The van der Waals surface area contributed by atoms with Crippen molar-refractivity contribution < 1.29 is 23.8 Å². The number of nitrogens with two attached hydrogens (primary N) is 1. The molecule has 0 aromatic heterocycles. The Labute approximate surface area is 161 Å². The standard InChI is InChI=1S/C19H19ClN2O5/c1-11(12-2-5-16-17(8-12)26-7-6-25-16)22-18(23)10-27-19(24)14-4-3-13(20)9-15(14)21/h2-5,8-9,11H,6-7,10,21H2,1H3,(H,22,23)/t11-/m0/s1. The van der Waals surface area contributed by atoms with Crippen LogP contribution in [0.1, 0.15) is 28.9 Å². The lowest BCUT2D eigenvalue weighted by Crippen LogP contribution is -2.31. The van der Waals surface area contributed by atoms with E-state index in [1.165, 1.54) is 18.2 Å². The number of nitrogens with one attached hydrogen (secondary N) is 1. The van der Waals surface area contributed by atoms with Crippen molar-refractivity contribution in [3.05, 3.63) is 52.5 Å². The molecule has 1 aliphatic rings. The van der Waals surface area contributed by atoms with E-state index in [4.69, 9.17) is 31.5 Å². The number of carbonyl (C=O) groups excluding carboxylic acids is 2. The van der Waals surface area contributed by atoms with Gasteiger partial charge >= 0.3 is 5.97 Å². The Bertz CT molecular complexity index is 871. The molecule has 7 nitrogen and oxygen atoms in total. The minimum atomic E-state index is -0.689. The summed E-state index contributed by atoms with van der Waals surface area (Å²) in [6.45, 7) is 2.40. The molecule has 0 spiro atoms. The minimum absolute atomic E-state index is 0.159. The van der Waals surface area contributed by atoms with Crippen molar-refractivity contribution in [2.24, 2.45) is 0 Å². The highest BCUT2D eigenvalue weighted by atomic mass is 35.5. The van der Waals surface area contributed by atoms with Crippen molar-refractivity contribution in [3.63, 3.8) is 0 Å². The van der Waals surface area contributed by atoms with Gasteiger partial charge in [0.15, 0.2) is 18.1 Å². The first-order valence-electron chi connectivity index (χ1n) is 8.35. The van der Waals surface area contributed by atoms with Gasteiger partial charge in [-0.1, -0.05) is 17.7 Å². The van der Waals surface area contributed by atoms with Crippen molar-refractivity contribution in [1.29, 1.82) is 0 Å². The van der Waals surface area contributed by atoms with Gasteiger partial charge in [-0.15, -0.1) is 0 Å². The third-order valence-corrected chi connectivity index (χ3v) is 4.25. The van der Waals surface area contributed by atoms with E-state index in [1.54, 1.807) is 6.07 Å². The molecular formula is C19H19ClN2O5. The summed E-state index contributed by atoms with van der Waals surface area (Å²) in [6, 6.07) is 9.60. The zero-order chi connectivity index (χ0) is 19.4. The molecular weight excluding hydrogens is 372 g/mol. The molecule has 0 unspecified atom stereocenters. The van der Waals surface area contributed by atoms with Crippen LogP contribution in [-0.2, 0) is 9.53 Å². The van der Waals surface area contributed by atoms with Crippen LogP contribution in [0.15, 0.2) is 36.4 Å². The van der Waals surface area contributed by atoms with Gasteiger partial charge in [0.05, 0.1) is 11.6 Å². The average Bonchev–Trinajstić information content (AvgIpc) is 2.65. The molecule has 2 aromatic carbocycles. The number of hydrogen-bond acceptors (Lipinski definition) is 6. The number of amides is 1. The molecule has 142 valence electrons. The van der Waals surface area contributed by atoms with Crippen LogP contribution in [0, 0.1) is 0 Å². The second-order valence-electron chi connectivity index (χ2n) is 6.00. The Kier molecular flexibility index (Phi) is 5.71. The predicted molar refractivity (Wildman–Crippen MR) is 100 cm³/mol. The molecule has 0 bridgehead atoms. The second-order valence-corrected chi connectivity index (χ2v) is 6.44. The van der Waals surface area contributed by atoms with Crippen molar-refractivity contribution in [3.8, 4) is 11.5 Å². The highest BCUT2D eigenvalue weighted by Gasteiger charge is 2.17. The summed E-state index contributed by atoms with van der Waals surface area (Å²) in [5.41, 5.74) is 6.93. The molecule has 1 aliphatic heterocycles. The number of esters is 1. The van der Waals surface area contributed by atoms with Crippen LogP contribution in [0.5, 0.6) is 11.5 Å². The van der Waals surface area contributed by atoms with Crippen molar-refractivity contribution in [2.45, 2.75) is 13.0 Å². The highest BCUT2D eigenvalue weighted by molar-refractivity contribution is 6.31. The number of ether oxygens (including phenoxy) is 3. The molecule has 0 fully saturated rings. The van der Waals surface area contributed by atoms with Crippen LogP contribution in [0.4, 0.5) is 5.69 Å². The van der Waals surface area contributed by atoms with Crippen molar-refractivity contribution in [1.82, 2.24) is 5.32 Å². The molecule has 3 N–H and O–H groups in total. The largest absolute Gasteiger partial charge is 0.486 e. The number of carbonyl (C=O) groups is 2. The van der Waals surface area contributed by atoms with E-state index < -0.39 is 18.5 Å². The third kappa shape index (κ3) is 4.62. The summed E-state index contributed by atoms with van der Waals surface area (Å²) in [5.74, 6) is 0.201. The lowest BCUT2D eigenvalue weighted by atomic mass is 10.1. The maximum Gasteiger partial charge on any atom is 0.340 e. The third-order valence-electron chi connectivity index (χ3n) is 4.01. The molecule has 0 saturated carbocycles. The first kappa shape index (κ1) is 18.8. The summed E-state index contributed by atoms with van der Waals surface area (Å²) in [4.78, 5) is 24.1. The fraction of sp³-hybridized carbons (Fsp3) is 0.263. The first-order valence-corrected chi connectivity index (χ1v) is 8.73. The quantitative estimate of drug-likeness (QED) is 0.601. The fourth-order valence-corrected chi connectivity index (χ4v) is 2.80. The Morgan fingerprint density at radius 2 is 1.93 bits per heavy atom.